The van der Waals surface area contributed by atoms with Gasteiger partial charge in [0, 0.05) is 12.0 Å². The van der Waals surface area contributed by atoms with Crippen LogP contribution in [0.3, 0.4) is 0 Å². The van der Waals surface area contributed by atoms with Crippen molar-refractivity contribution in [2.24, 2.45) is 0 Å². The molecule has 0 aromatic heterocycles. The molecule has 3 nitrogen and oxygen atoms in total. The zero-order valence-electron chi connectivity index (χ0n) is 10.4. The number of rotatable bonds is 4. The zero-order chi connectivity index (χ0) is 12.5. The first-order chi connectivity index (χ1) is 7.99. The molecule has 0 amide bonds. The zero-order valence-corrected chi connectivity index (χ0v) is 10.4. The Labute approximate surface area is 102 Å². The van der Waals surface area contributed by atoms with Crippen LogP contribution in [-0.2, 0) is 5.41 Å². The second-order valence-corrected chi connectivity index (χ2v) is 5.40. The molecule has 1 N–H and O–H groups in total. The summed E-state index contributed by atoms with van der Waals surface area (Å²) < 4.78 is 0. The number of hydrogen-bond acceptors (Lipinski definition) is 2. The second kappa shape index (κ2) is 4.49. The van der Waals surface area contributed by atoms with Crippen molar-refractivity contribution < 1.29 is 9.90 Å². The SMILES string of the molecule is CC(C)(CN1CCC1)c1ccc(C(=O)O)cc1. The predicted octanol–water partition coefficient (Wildman–Crippen LogP) is 2.37. The van der Waals surface area contributed by atoms with Gasteiger partial charge in [-0.1, -0.05) is 26.0 Å². The number of likely N-dealkylation sites (tertiary alicyclic amines) is 1. The van der Waals surface area contributed by atoms with Crippen LogP contribution >= 0.6 is 0 Å². The molecule has 0 atom stereocenters. The maximum absolute atomic E-state index is 10.8. The minimum Gasteiger partial charge on any atom is -0.478 e. The number of carbonyl (C=O) groups is 1. The molecular formula is C14H19NO2. The average molecular weight is 233 g/mol. The van der Waals surface area contributed by atoms with E-state index in [1.54, 1.807) is 12.1 Å². The Morgan fingerprint density at radius 2 is 1.88 bits per heavy atom. The summed E-state index contributed by atoms with van der Waals surface area (Å²) in [4.78, 5) is 13.2. The third-order valence-corrected chi connectivity index (χ3v) is 3.48. The lowest BCUT2D eigenvalue weighted by atomic mass is 9.83. The number of benzene rings is 1. The van der Waals surface area contributed by atoms with Crippen LogP contribution in [0.5, 0.6) is 0 Å². The van der Waals surface area contributed by atoms with E-state index in [1.807, 2.05) is 12.1 Å². The lowest BCUT2D eigenvalue weighted by Crippen LogP contribution is -2.44. The van der Waals surface area contributed by atoms with E-state index in [1.165, 1.54) is 25.1 Å². The summed E-state index contributed by atoms with van der Waals surface area (Å²) in [7, 11) is 0. The summed E-state index contributed by atoms with van der Waals surface area (Å²) in [6.45, 7) is 7.84. The van der Waals surface area contributed by atoms with Crippen LogP contribution in [0, 0.1) is 0 Å². The summed E-state index contributed by atoms with van der Waals surface area (Å²) in [6, 6.07) is 7.25. The molecule has 1 aliphatic heterocycles. The van der Waals surface area contributed by atoms with Crippen molar-refractivity contribution in [1.82, 2.24) is 4.90 Å². The lowest BCUT2D eigenvalue weighted by molar-refractivity contribution is 0.0697. The van der Waals surface area contributed by atoms with Crippen LogP contribution in [0.25, 0.3) is 0 Å². The van der Waals surface area contributed by atoms with Gasteiger partial charge in [0.25, 0.3) is 0 Å². The molecule has 1 saturated heterocycles. The highest BCUT2D eigenvalue weighted by molar-refractivity contribution is 5.87. The average Bonchev–Trinajstić information content (AvgIpc) is 2.24. The van der Waals surface area contributed by atoms with Gasteiger partial charge in [-0.25, -0.2) is 4.79 Å². The van der Waals surface area contributed by atoms with Crippen LogP contribution in [0.2, 0.25) is 0 Å². The Balaban J connectivity index is 2.11. The minimum atomic E-state index is -0.864. The van der Waals surface area contributed by atoms with Gasteiger partial charge < -0.3 is 10.0 Å². The van der Waals surface area contributed by atoms with Gasteiger partial charge in [-0.15, -0.1) is 0 Å². The molecule has 0 radical (unpaired) electrons. The summed E-state index contributed by atoms with van der Waals surface area (Å²) in [5.74, 6) is -0.864. The lowest BCUT2D eigenvalue weighted by Gasteiger charge is -2.38. The van der Waals surface area contributed by atoms with Crippen molar-refractivity contribution in [3.05, 3.63) is 35.4 Å². The van der Waals surface area contributed by atoms with Gasteiger partial charge in [-0.2, -0.15) is 0 Å². The van der Waals surface area contributed by atoms with E-state index in [9.17, 15) is 4.79 Å². The quantitative estimate of drug-likeness (QED) is 0.868. The van der Waals surface area contributed by atoms with Crippen molar-refractivity contribution in [2.45, 2.75) is 25.7 Å². The molecule has 0 saturated carbocycles. The highest BCUT2D eigenvalue weighted by Gasteiger charge is 2.26. The van der Waals surface area contributed by atoms with Gasteiger partial charge in [0.1, 0.15) is 0 Å². The predicted molar refractivity (Wildman–Crippen MR) is 67.5 cm³/mol. The van der Waals surface area contributed by atoms with Crippen molar-refractivity contribution >= 4 is 5.97 Å². The van der Waals surface area contributed by atoms with Crippen molar-refractivity contribution in [2.75, 3.05) is 19.6 Å². The van der Waals surface area contributed by atoms with Gasteiger partial charge in [-0.05, 0) is 37.2 Å². The molecule has 1 aliphatic rings. The van der Waals surface area contributed by atoms with Gasteiger partial charge in [0.05, 0.1) is 5.56 Å². The third kappa shape index (κ3) is 2.67. The fraction of sp³-hybridized carbons (Fsp3) is 0.500. The maximum atomic E-state index is 10.8. The number of hydrogen-bond donors (Lipinski definition) is 1. The van der Waals surface area contributed by atoms with Gasteiger partial charge in [0.15, 0.2) is 0 Å². The summed E-state index contributed by atoms with van der Waals surface area (Å²) in [5.41, 5.74) is 1.64. The van der Waals surface area contributed by atoms with Gasteiger partial charge in [-0.3, -0.25) is 0 Å². The Kier molecular flexibility index (Phi) is 3.20. The Bertz CT molecular complexity index is 405. The first-order valence-electron chi connectivity index (χ1n) is 6.05. The molecule has 1 aromatic rings. The van der Waals surface area contributed by atoms with E-state index in [0.29, 0.717) is 5.56 Å². The van der Waals surface area contributed by atoms with Crippen molar-refractivity contribution in [1.29, 1.82) is 0 Å². The summed E-state index contributed by atoms with van der Waals surface area (Å²) >= 11 is 0. The molecule has 2 rings (SSSR count). The fourth-order valence-corrected chi connectivity index (χ4v) is 2.25. The molecule has 1 fully saturated rings. The third-order valence-electron chi connectivity index (χ3n) is 3.48. The van der Waals surface area contributed by atoms with E-state index in [4.69, 9.17) is 5.11 Å². The number of carboxylic acid groups (broad SMARTS) is 1. The normalized spacial score (nSPS) is 16.6. The van der Waals surface area contributed by atoms with E-state index >= 15 is 0 Å². The van der Waals surface area contributed by atoms with Crippen molar-refractivity contribution in [3.63, 3.8) is 0 Å². The van der Waals surface area contributed by atoms with E-state index in [2.05, 4.69) is 18.7 Å². The molecule has 0 bridgehead atoms. The molecule has 1 heterocycles. The first kappa shape index (κ1) is 12.1. The Morgan fingerprint density at radius 1 is 1.29 bits per heavy atom. The van der Waals surface area contributed by atoms with E-state index in [0.717, 1.165) is 6.54 Å². The maximum Gasteiger partial charge on any atom is 0.335 e. The highest BCUT2D eigenvalue weighted by Crippen LogP contribution is 2.26. The highest BCUT2D eigenvalue weighted by atomic mass is 16.4. The molecule has 92 valence electrons. The van der Waals surface area contributed by atoms with Crippen LogP contribution in [0.1, 0.15) is 36.2 Å². The number of nitrogens with zero attached hydrogens (tertiary/aromatic N) is 1. The Morgan fingerprint density at radius 3 is 2.29 bits per heavy atom. The smallest absolute Gasteiger partial charge is 0.335 e. The molecule has 0 aliphatic carbocycles. The van der Waals surface area contributed by atoms with Gasteiger partial charge in [0.2, 0.25) is 0 Å². The molecule has 0 spiro atoms. The summed E-state index contributed by atoms with van der Waals surface area (Å²) in [5, 5.41) is 8.86. The van der Waals surface area contributed by atoms with Crippen LogP contribution < -0.4 is 0 Å². The second-order valence-electron chi connectivity index (χ2n) is 5.40. The molecule has 3 heteroatoms. The monoisotopic (exact) mass is 233 g/mol. The molecule has 1 aromatic carbocycles. The molecule has 0 unspecified atom stereocenters. The number of aromatic carboxylic acids is 1. The van der Waals surface area contributed by atoms with Crippen molar-refractivity contribution in [3.8, 4) is 0 Å². The Hall–Kier alpha value is -1.35. The standard InChI is InChI=1S/C14H19NO2/c1-14(2,10-15-8-3-9-15)12-6-4-11(5-7-12)13(16)17/h4-7H,3,8-10H2,1-2H3,(H,16,17). The first-order valence-corrected chi connectivity index (χ1v) is 6.05. The molecule has 17 heavy (non-hydrogen) atoms. The number of carboxylic acids is 1. The van der Waals surface area contributed by atoms with Gasteiger partial charge >= 0.3 is 5.97 Å². The van der Waals surface area contributed by atoms with E-state index < -0.39 is 5.97 Å². The molecular weight excluding hydrogens is 214 g/mol. The van der Waals surface area contributed by atoms with E-state index in [-0.39, 0.29) is 5.41 Å². The topological polar surface area (TPSA) is 40.5 Å². The fourth-order valence-electron chi connectivity index (χ4n) is 2.25. The largest absolute Gasteiger partial charge is 0.478 e. The van der Waals surface area contributed by atoms with Crippen LogP contribution in [0.4, 0.5) is 0 Å². The van der Waals surface area contributed by atoms with Crippen LogP contribution in [0.15, 0.2) is 24.3 Å². The minimum absolute atomic E-state index is 0.0808. The van der Waals surface area contributed by atoms with Crippen LogP contribution in [-0.4, -0.2) is 35.6 Å². The summed E-state index contributed by atoms with van der Waals surface area (Å²) in [6.07, 6.45) is 1.30.